The van der Waals surface area contributed by atoms with Crippen molar-refractivity contribution in [3.05, 3.63) is 40.6 Å². The van der Waals surface area contributed by atoms with Gasteiger partial charge in [0.25, 0.3) is 0 Å². The van der Waals surface area contributed by atoms with E-state index in [1.54, 1.807) is 11.3 Å². The van der Waals surface area contributed by atoms with Crippen LogP contribution >= 0.6 is 11.3 Å². The Kier molecular flexibility index (Phi) is 2.68. The first-order chi connectivity index (χ1) is 8.72. The second-order valence-corrected chi connectivity index (χ2v) is 5.06. The third-order valence-corrected chi connectivity index (χ3v) is 3.60. The van der Waals surface area contributed by atoms with Gasteiger partial charge in [-0.25, -0.2) is 4.98 Å². The Hall–Kier alpha value is -2.01. The lowest BCUT2D eigenvalue weighted by Gasteiger charge is -2.10. The van der Waals surface area contributed by atoms with Gasteiger partial charge in [-0.15, -0.1) is 0 Å². The van der Waals surface area contributed by atoms with E-state index in [0.717, 1.165) is 22.7 Å². The molecule has 0 saturated carbocycles. The monoisotopic (exact) mass is 258 g/mol. The highest BCUT2D eigenvalue weighted by atomic mass is 32.1. The molecule has 1 unspecified atom stereocenters. The van der Waals surface area contributed by atoms with Gasteiger partial charge >= 0.3 is 0 Å². The molecule has 0 radical (unpaired) electrons. The molecule has 1 aromatic carbocycles. The normalized spacial score (nSPS) is 12.7. The second-order valence-electron chi connectivity index (χ2n) is 4.28. The number of H-pyrrole nitrogens is 1. The van der Waals surface area contributed by atoms with Gasteiger partial charge in [0.1, 0.15) is 0 Å². The summed E-state index contributed by atoms with van der Waals surface area (Å²) in [6, 6.07) is 8.01. The van der Waals surface area contributed by atoms with Gasteiger partial charge in [0.2, 0.25) is 5.95 Å². The predicted molar refractivity (Wildman–Crippen MR) is 76.9 cm³/mol. The number of nitrogens with zero attached hydrogens (tertiary/aromatic N) is 1. The zero-order chi connectivity index (χ0) is 12.5. The molecule has 4 nitrogen and oxygen atoms in total. The molecule has 18 heavy (non-hydrogen) atoms. The highest BCUT2D eigenvalue weighted by Gasteiger charge is 2.08. The number of anilines is 2. The minimum Gasteiger partial charge on any atom is -0.399 e. The van der Waals surface area contributed by atoms with E-state index in [9.17, 15) is 0 Å². The molecule has 92 valence electrons. The standard InChI is InChI=1S/C13H14N4S/c1-8(9-4-5-18-7-9)15-13-16-11-3-2-10(14)6-12(11)17-13/h2-8H,14H2,1H3,(H2,15,16,17). The topological polar surface area (TPSA) is 66.7 Å². The molecule has 0 aliphatic heterocycles. The number of imidazole rings is 1. The molecule has 2 heterocycles. The number of thiophene rings is 1. The predicted octanol–water partition coefficient (Wildman–Crippen LogP) is 3.38. The second kappa shape index (κ2) is 4.34. The fourth-order valence-electron chi connectivity index (χ4n) is 1.91. The van der Waals surface area contributed by atoms with Crippen molar-refractivity contribution in [3.63, 3.8) is 0 Å². The summed E-state index contributed by atoms with van der Waals surface area (Å²) in [5.74, 6) is 0.773. The molecule has 0 aliphatic rings. The Balaban J connectivity index is 1.86. The van der Waals surface area contributed by atoms with Gasteiger partial charge in [0, 0.05) is 5.69 Å². The summed E-state index contributed by atoms with van der Waals surface area (Å²) in [5.41, 5.74) is 9.62. The van der Waals surface area contributed by atoms with E-state index < -0.39 is 0 Å². The summed E-state index contributed by atoms with van der Waals surface area (Å²) < 4.78 is 0. The van der Waals surface area contributed by atoms with Gasteiger partial charge in [-0.1, -0.05) is 0 Å². The van der Waals surface area contributed by atoms with Crippen LogP contribution in [-0.2, 0) is 0 Å². The molecule has 2 aromatic heterocycles. The van der Waals surface area contributed by atoms with Crippen molar-refractivity contribution in [1.29, 1.82) is 0 Å². The third kappa shape index (κ3) is 2.04. The third-order valence-electron chi connectivity index (χ3n) is 2.90. The Morgan fingerprint density at radius 2 is 2.28 bits per heavy atom. The van der Waals surface area contributed by atoms with Gasteiger partial charge < -0.3 is 16.0 Å². The lowest BCUT2D eigenvalue weighted by atomic mass is 10.2. The molecule has 0 bridgehead atoms. The van der Waals surface area contributed by atoms with Crippen molar-refractivity contribution in [2.24, 2.45) is 0 Å². The van der Waals surface area contributed by atoms with Crippen molar-refractivity contribution in [2.45, 2.75) is 13.0 Å². The number of nitrogens with one attached hydrogen (secondary N) is 2. The van der Waals surface area contributed by atoms with Crippen LogP contribution in [-0.4, -0.2) is 9.97 Å². The summed E-state index contributed by atoms with van der Waals surface area (Å²) in [5, 5.41) is 7.57. The summed E-state index contributed by atoms with van der Waals surface area (Å²) >= 11 is 1.70. The smallest absolute Gasteiger partial charge is 0.201 e. The van der Waals surface area contributed by atoms with Gasteiger partial charge in [-0.2, -0.15) is 11.3 Å². The van der Waals surface area contributed by atoms with E-state index in [1.165, 1.54) is 5.56 Å². The number of aromatic amines is 1. The lowest BCUT2D eigenvalue weighted by Crippen LogP contribution is -2.06. The van der Waals surface area contributed by atoms with Crippen LogP contribution in [0, 0.1) is 0 Å². The van der Waals surface area contributed by atoms with Crippen LogP contribution in [0.1, 0.15) is 18.5 Å². The van der Waals surface area contributed by atoms with E-state index >= 15 is 0 Å². The fraction of sp³-hybridized carbons (Fsp3) is 0.154. The van der Waals surface area contributed by atoms with Crippen molar-refractivity contribution in [2.75, 3.05) is 11.1 Å². The zero-order valence-electron chi connectivity index (χ0n) is 9.97. The number of fused-ring (bicyclic) bond motifs is 1. The van der Waals surface area contributed by atoms with E-state index in [4.69, 9.17) is 5.73 Å². The molecule has 4 N–H and O–H groups in total. The van der Waals surface area contributed by atoms with Crippen LogP contribution < -0.4 is 11.1 Å². The Bertz CT molecular complexity index is 657. The summed E-state index contributed by atoms with van der Waals surface area (Å²) in [6.45, 7) is 2.11. The van der Waals surface area contributed by atoms with E-state index in [2.05, 4.69) is 39.0 Å². The molecule has 0 fully saturated rings. The minimum atomic E-state index is 0.231. The van der Waals surface area contributed by atoms with Crippen molar-refractivity contribution in [3.8, 4) is 0 Å². The van der Waals surface area contributed by atoms with E-state index in [0.29, 0.717) is 0 Å². The molecular formula is C13H14N4S. The quantitative estimate of drug-likeness (QED) is 0.631. The number of nitrogen functional groups attached to an aromatic ring is 1. The molecule has 3 rings (SSSR count). The van der Waals surface area contributed by atoms with Gasteiger partial charge in [0.05, 0.1) is 17.1 Å². The first-order valence-corrected chi connectivity index (χ1v) is 6.70. The first-order valence-electron chi connectivity index (χ1n) is 5.76. The lowest BCUT2D eigenvalue weighted by molar-refractivity contribution is 0.874. The molecule has 0 saturated heterocycles. The highest BCUT2D eigenvalue weighted by Crippen LogP contribution is 2.22. The Morgan fingerprint density at radius 1 is 1.39 bits per heavy atom. The van der Waals surface area contributed by atoms with Crippen molar-refractivity contribution < 1.29 is 0 Å². The maximum absolute atomic E-state index is 5.74. The maximum atomic E-state index is 5.74. The number of benzene rings is 1. The molecule has 5 heteroatoms. The summed E-state index contributed by atoms with van der Waals surface area (Å²) in [4.78, 5) is 7.72. The fourth-order valence-corrected chi connectivity index (χ4v) is 2.66. The summed E-state index contributed by atoms with van der Waals surface area (Å²) in [7, 11) is 0. The van der Waals surface area contributed by atoms with Gasteiger partial charge in [-0.05, 0) is 47.5 Å². The maximum Gasteiger partial charge on any atom is 0.201 e. The van der Waals surface area contributed by atoms with Crippen LogP contribution in [0.4, 0.5) is 11.6 Å². The van der Waals surface area contributed by atoms with Crippen molar-refractivity contribution >= 4 is 34.0 Å². The van der Waals surface area contributed by atoms with Gasteiger partial charge in [0.15, 0.2) is 0 Å². The first kappa shape index (κ1) is 11.1. The van der Waals surface area contributed by atoms with Crippen LogP contribution in [0.25, 0.3) is 11.0 Å². The Morgan fingerprint density at radius 3 is 3.06 bits per heavy atom. The van der Waals surface area contributed by atoms with E-state index in [1.807, 2.05) is 18.2 Å². The average molecular weight is 258 g/mol. The zero-order valence-corrected chi connectivity index (χ0v) is 10.8. The molecule has 3 aromatic rings. The summed E-state index contributed by atoms with van der Waals surface area (Å²) in [6.07, 6.45) is 0. The van der Waals surface area contributed by atoms with Crippen LogP contribution in [0.15, 0.2) is 35.0 Å². The number of aromatic nitrogens is 2. The van der Waals surface area contributed by atoms with Crippen LogP contribution in [0.5, 0.6) is 0 Å². The minimum absolute atomic E-state index is 0.231. The number of hydrogen-bond donors (Lipinski definition) is 3. The molecule has 0 spiro atoms. The van der Waals surface area contributed by atoms with Crippen LogP contribution in [0.2, 0.25) is 0 Å². The number of rotatable bonds is 3. The molecule has 0 amide bonds. The average Bonchev–Trinajstić information content (AvgIpc) is 2.95. The molecule has 0 aliphatic carbocycles. The van der Waals surface area contributed by atoms with Gasteiger partial charge in [-0.3, -0.25) is 0 Å². The molecular weight excluding hydrogens is 244 g/mol. The molecule has 1 atom stereocenters. The number of nitrogens with two attached hydrogens (primary N) is 1. The number of hydrogen-bond acceptors (Lipinski definition) is 4. The largest absolute Gasteiger partial charge is 0.399 e. The Labute approximate surface area is 109 Å². The SMILES string of the molecule is CC(Nc1nc2ccc(N)cc2[nH]1)c1ccsc1. The van der Waals surface area contributed by atoms with E-state index in [-0.39, 0.29) is 6.04 Å². The van der Waals surface area contributed by atoms with Crippen molar-refractivity contribution in [1.82, 2.24) is 9.97 Å². The highest BCUT2D eigenvalue weighted by molar-refractivity contribution is 7.07. The van der Waals surface area contributed by atoms with Crippen LogP contribution in [0.3, 0.4) is 0 Å².